The summed E-state index contributed by atoms with van der Waals surface area (Å²) in [6.45, 7) is 8.87. The van der Waals surface area contributed by atoms with E-state index in [-0.39, 0.29) is 0 Å². The second kappa shape index (κ2) is 5.84. The molecule has 0 aliphatic heterocycles. The molecular weight excluding hydrogens is 240 g/mol. The fraction of sp³-hybridized carbons (Fsp3) is 0.429. The minimum absolute atomic E-state index is 0.391. The van der Waals surface area contributed by atoms with Gasteiger partial charge in [0, 0.05) is 11.7 Å². The number of nitrogens with one attached hydrogen (secondary N) is 2. The maximum absolute atomic E-state index is 5.54. The maximum Gasteiger partial charge on any atom is 0.320 e. The molecule has 5 nitrogen and oxygen atoms in total. The van der Waals surface area contributed by atoms with E-state index in [0.717, 1.165) is 5.69 Å². The summed E-state index contributed by atoms with van der Waals surface area (Å²) in [6, 6.07) is 6.89. The smallest absolute Gasteiger partial charge is 0.320 e. The van der Waals surface area contributed by atoms with E-state index in [1.165, 1.54) is 11.1 Å². The summed E-state index contributed by atoms with van der Waals surface area (Å²) >= 11 is 0. The third kappa shape index (κ3) is 3.54. The Bertz CT molecular complexity index is 548. The van der Waals surface area contributed by atoms with Crippen LogP contribution >= 0.6 is 0 Å². The topological polar surface area (TPSA) is 63.0 Å². The van der Waals surface area contributed by atoms with Gasteiger partial charge in [0.05, 0.1) is 6.54 Å². The molecule has 0 saturated carbocycles. The van der Waals surface area contributed by atoms with Crippen molar-refractivity contribution in [2.75, 3.05) is 5.32 Å². The highest BCUT2D eigenvalue weighted by Gasteiger charge is 2.08. The Morgan fingerprint density at radius 1 is 1.21 bits per heavy atom. The Morgan fingerprint density at radius 3 is 2.74 bits per heavy atom. The average molecular weight is 260 g/mol. The number of aryl methyl sites for hydroxylation is 1. The second-order valence-corrected chi connectivity index (χ2v) is 4.91. The molecule has 2 aromatic rings. The lowest BCUT2D eigenvalue weighted by Crippen LogP contribution is -2.21. The van der Waals surface area contributed by atoms with Gasteiger partial charge in [-0.1, -0.05) is 31.1 Å². The van der Waals surface area contributed by atoms with Crippen molar-refractivity contribution < 1.29 is 4.42 Å². The predicted molar refractivity (Wildman–Crippen MR) is 75.5 cm³/mol. The zero-order valence-electron chi connectivity index (χ0n) is 11.8. The minimum Gasteiger partial charge on any atom is -0.406 e. The molecule has 0 atom stereocenters. The lowest BCUT2D eigenvalue weighted by Gasteiger charge is -2.07. The van der Waals surface area contributed by atoms with Crippen LogP contribution in [0.25, 0.3) is 0 Å². The van der Waals surface area contributed by atoms with Crippen LogP contribution in [0, 0.1) is 13.8 Å². The van der Waals surface area contributed by atoms with Crippen LogP contribution in [0.2, 0.25) is 0 Å². The van der Waals surface area contributed by atoms with Crippen molar-refractivity contribution in [2.45, 2.75) is 40.3 Å². The van der Waals surface area contributed by atoms with Gasteiger partial charge in [-0.3, -0.25) is 0 Å². The average Bonchev–Trinajstić information content (AvgIpc) is 2.80. The van der Waals surface area contributed by atoms with Crippen LogP contribution in [-0.2, 0) is 6.54 Å². The molecule has 1 aromatic heterocycles. The molecule has 0 saturated heterocycles. The van der Waals surface area contributed by atoms with Crippen molar-refractivity contribution in [1.82, 2.24) is 15.5 Å². The normalized spacial score (nSPS) is 11.0. The van der Waals surface area contributed by atoms with E-state index in [1.807, 2.05) is 12.1 Å². The number of hydrogen-bond acceptors (Lipinski definition) is 5. The molecule has 0 spiro atoms. The fourth-order valence-electron chi connectivity index (χ4n) is 1.67. The summed E-state index contributed by atoms with van der Waals surface area (Å²) in [5, 5.41) is 14.4. The van der Waals surface area contributed by atoms with E-state index in [2.05, 4.69) is 54.6 Å². The number of benzene rings is 1. The molecule has 5 heteroatoms. The standard InChI is InChI=1S/C14H20N4O/c1-9(2)15-8-13-17-18-14(19-13)16-12-7-5-6-10(3)11(12)4/h5-7,9,15H,8H2,1-4H3,(H,16,18). The van der Waals surface area contributed by atoms with Gasteiger partial charge >= 0.3 is 6.01 Å². The van der Waals surface area contributed by atoms with Crippen LogP contribution in [-0.4, -0.2) is 16.2 Å². The second-order valence-electron chi connectivity index (χ2n) is 4.91. The molecule has 0 fully saturated rings. The molecule has 0 aliphatic rings. The van der Waals surface area contributed by atoms with E-state index in [1.54, 1.807) is 0 Å². The van der Waals surface area contributed by atoms with E-state index in [4.69, 9.17) is 4.42 Å². The van der Waals surface area contributed by atoms with Gasteiger partial charge in [-0.05, 0) is 31.0 Å². The number of aromatic nitrogens is 2. The van der Waals surface area contributed by atoms with Gasteiger partial charge in [-0.2, -0.15) is 0 Å². The molecule has 0 unspecified atom stereocenters. The molecule has 2 rings (SSSR count). The predicted octanol–water partition coefficient (Wildman–Crippen LogP) is 2.93. The molecule has 0 amide bonds. The monoisotopic (exact) mass is 260 g/mol. The lowest BCUT2D eigenvalue weighted by molar-refractivity contribution is 0.460. The fourth-order valence-corrected chi connectivity index (χ4v) is 1.67. The Labute approximate surface area is 113 Å². The molecule has 1 heterocycles. The summed E-state index contributed by atoms with van der Waals surface area (Å²) in [5.41, 5.74) is 3.40. The highest BCUT2D eigenvalue weighted by molar-refractivity contribution is 5.59. The molecule has 0 bridgehead atoms. The Morgan fingerprint density at radius 2 is 2.00 bits per heavy atom. The van der Waals surface area contributed by atoms with Crippen LogP contribution in [0.4, 0.5) is 11.7 Å². The van der Waals surface area contributed by atoms with E-state index in [9.17, 15) is 0 Å². The largest absolute Gasteiger partial charge is 0.406 e. The van der Waals surface area contributed by atoms with Crippen LogP contribution in [0.15, 0.2) is 22.6 Å². The van der Waals surface area contributed by atoms with Gasteiger partial charge in [0.15, 0.2) is 0 Å². The molecule has 0 radical (unpaired) electrons. The summed E-state index contributed by atoms with van der Waals surface area (Å²) < 4.78 is 5.54. The summed E-state index contributed by atoms with van der Waals surface area (Å²) in [4.78, 5) is 0. The van der Waals surface area contributed by atoms with Crippen molar-refractivity contribution in [1.29, 1.82) is 0 Å². The van der Waals surface area contributed by atoms with Gasteiger partial charge in [0.1, 0.15) is 0 Å². The quantitative estimate of drug-likeness (QED) is 0.865. The number of anilines is 2. The number of hydrogen-bond donors (Lipinski definition) is 2. The zero-order valence-corrected chi connectivity index (χ0v) is 11.8. The molecule has 102 valence electrons. The van der Waals surface area contributed by atoms with Gasteiger partial charge < -0.3 is 15.1 Å². The first-order valence-electron chi connectivity index (χ1n) is 6.45. The Kier molecular flexibility index (Phi) is 4.16. The minimum atomic E-state index is 0.391. The maximum atomic E-state index is 5.54. The van der Waals surface area contributed by atoms with E-state index in [0.29, 0.717) is 24.5 Å². The highest BCUT2D eigenvalue weighted by atomic mass is 16.4. The van der Waals surface area contributed by atoms with Crippen molar-refractivity contribution >= 4 is 11.7 Å². The first-order chi connectivity index (χ1) is 9.06. The first-order valence-corrected chi connectivity index (χ1v) is 6.45. The first kappa shape index (κ1) is 13.5. The van der Waals surface area contributed by atoms with Crippen molar-refractivity contribution in [3.05, 3.63) is 35.2 Å². The van der Waals surface area contributed by atoms with Gasteiger partial charge in [0.25, 0.3) is 0 Å². The highest BCUT2D eigenvalue weighted by Crippen LogP contribution is 2.21. The third-order valence-electron chi connectivity index (χ3n) is 2.97. The van der Waals surface area contributed by atoms with Crippen molar-refractivity contribution in [3.63, 3.8) is 0 Å². The molecular formula is C14H20N4O. The van der Waals surface area contributed by atoms with Gasteiger partial charge in [-0.15, -0.1) is 5.10 Å². The van der Waals surface area contributed by atoms with Crippen molar-refractivity contribution in [3.8, 4) is 0 Å². The number of nitrogens with zero attached hydrogens (tertiary/aromatic N) is 2. The van der Waals surface area contributed by atoms with Gasteiger partial charge in [0.2, 0.25) is 5.89 Å². The van der Waals surface area contributed by atoms with Crippen LogP contribution in [0.3, 0.4) is 0 Å². The van der Waals surface area contributed by atoms with Crippen LogP contribution < -0.4 is 10.6 Å². The molecule has 19 heavy (non-hydrogen) atoms. The molecule has 0 aliphatic carbocycles. The van der Waals surface area contributed by atoms with E-state index >= 15 is 0 Å². The SMILES string of the molecule is Cc1cccc(Nc2nnc(CNC(C)C)o2)c1C. The zero-order chi connectivity index (χ0) is 13.8. The third-order valence-corrected chi connectivity index (χ3v) is 2.97. The summed E-state index contributed by atoms with van der Waals surface area (Å²) in [7, 11) is 0. The van der Waals surface area contributed by atoms with Crippen LogP contribution in [0.5, 0.6) is 0 Å². The van der Waals surface area contributed by atoms with Crippen molar-refractivity contribution in [2.24, 2.45) is 0 Å². The van der Waals surface area contributed by atoms with E-state index < -0.39 is 0 Å². The molecule has 1 aromatic carbocycles. The van der Waals surface area contributed by atoms with Crippen LogP contribution in [0.1, 0.15) is 30.9 Å². The summed E-state index contributed by atoms with van der Waals surface area (Å²) in [6.07, 6.45) is 0. The molecule has 2 N–H and O–H groups in total. The summed E-state index contributed by atoms with van der Waals surface area (Å²) in [5.74, 6) is 0.585. The van der Waals surface area contributed by atoms with Gasteiger partial charge in [-0.25, -0.2) is 0 Å². The Balaban J connectivity index is 2.05. The Hall–Kier alpha value is -1.88. The lowest BCUT2D eigenvalue weighted by atomic mass is 10.1. The number of rotatable bonds is 5.